The van der Waals surface area contributed by atoms with Crippen molar-refractivity contribution in [1.82, 2.24) is 20.1 Å². The van der Waals surface area contributed by atoms with Crippen molar-refractivity contribution in [3.8, 4) is 0 Å². The zero-order valence-electron chi connectivity index (χ0n) is 21.8. The lowest BCUT2D eigenvalue weighted by atomic mass is 9.77. The summed E-state index contributed by atoms with van der Waals surface area (Å²) in [6.07, 6.45) is 7.09. The van der Waals surface area contributed by atoms with Gasteiger partial charge in [0.2, 0.25) is 5.91 Å². The zero-order valence-corrected chi connectivity index (χ0v) is 24.2. The number of hydrogen-bond donors (Lipinski definition) is 1. The van der Waals surface area contributed by atoms with E-state index in [0.29, 0.717) is 23.0 Å². The third-order valence-corrected chi connectivity index (χ3v) is 8.20. The van der Waals surface area contributed by atoms with E-state index < -0.39 is 0 Å². The van der Waals surface area contributed by atoms with Crippen LogP contribution in [0, 0.1) is 5.41 Å². The van der Waals surface area contributed by atoms with E-state index in [4.69, 9.17) is 11.6 Å². The van der Waals surface area contributed by atoms with Crippen molar-refractivity contribution in [1.29, 1.82) is 0 Å². The van der Waals surface area contributed by atoms with Gasteiger partial charge in [-0.25, -0.2) is 0 Å². The van der Waals surface area contributed by atoms with Crippen LogP contribution in [0.3, 0.4) is 0 Å². The SMILES string of the molecule is Cl.Cl.O=C(NC(CCN1CCC2(CC1)CCN(Cc1cccnc1)C2=O)c1ccccc1)c1ccccc1Cl. The second-order valence-electron chi connectivity index (χ2n) is 10.2. The van der Waals surface area contributed by atoms with E-state index in [0.717, 1.165) is 63.0 Å². The van der Waals surface area contributed by atoms with Crippen LogP contribution >= 0.6 is 36.4 Å². The van der Waals surface area contributed by atoms with Gasteiger partial charge in [0, 0.05) is 32.0 Å². The normalized spacial score (nSPS) is 17.3. The minimum atomic E-state index is -0.226. The van der Waals surface area contributed by atoms with Gasteiger partial charge in [-0.15, -0.1) is 24.8 Å². The first-order valence-electron chi connectivity index (χ1n) is 13.1. The maximum absolute atomic E-state index is 13.4. The third-order valence-electron chi connectivity index (χ3n) is 7.87. The Hall–Kier alpha value is -2.64. The maximum atomic E-state index is 13.4. The molecule has 3 aromatic rings. The average Bonchev–Trinajstić information content (AvgIpc) is 3.23. The molecule has 0 saturated carbocycles. The van der Waals surface area contributed by atoms with E-state index >= 15 is 0 Å². The molecule has 2 aliphatic heterocycles. The molecule has 1 spiro atoms. The Morgan fingerprint density at radius 3 is 2.33 bits per heavy atom. The van der Waals surface area contributed by atoms with E-state index in [1.807, 2.05) is 53.6 Å². The highest BCUT2D eigenvalue weighted by atomic mass is 35.5. The Bertz CT molecular complexity index is 1220. The molecular formula is C30H35Cl3N4O2. The first kappa shape index (κ1) is 30.9. The van der Waals surface area contributed by atoms with Gasteiger partial charge in [0.25, 0.3) is 5.91 Å². The number of pyridine rings is 1. The number of hydrogen-bond acceptors (Lipinski definition) is 4. The fraction of sp³-hybridized carbons (Fsp3) is 0.367. The largest absolute Gasteiger partial charge is 0.345 e. The third kappa shape index (κ3) is 7.31. The molecule has 3 heterocycles. The number of benzene rings is 2. The summed E-state index contributed by atoms with van der Waals surface area (Å²) in [5.41, 5.74) is 2.42. The van der Waals surface area contributed by atoms with Crippen molar-refractivity contribution < 1.29 is 9.59 Å². The lowest BCUT2D eigenvalue weighted by Crippen LogP contribution is -2.45. The molecule has 2 fully saturated rings. The molecule has 6 nitrogen and oxygen atoms in total. The van der Waals surface area contributed by atoms with Crippen molar-refractivity contribution in [2.24, 2.45) is 5.41 Å². The van der Waals surface area contributed by atoms with Crippen LogP contribution in [0.25, 0.3) is 0 Å². The maximum Gasteiger partial charge on any atom is 0.253 e. The number of rotatable bonds is 8. The van der Waals surface area contributed by atoms with Crippen molar-refractivity contribution in [3.63, 3.8) is 0 Å². The molecule has 0 aliphatic carbocycles. The monoisotopic (exact) mass is 588 g/mol. The predicted octanol–water partition coefficient (Wildman–Crippen LogP) is 5.95. The summed E-state index contributed by atoms with van der Waals surface area (Å²) in [5, 5.41) is 3.65. The Morgan fingerprint density at radius 2 is 1.64 bits per heavy atom. The molecule has 39 heavy (non-hydrogen) atoms. The molecule has 5 rings (SSSR count). The van der Waals surface area contributed by atoms with Gasteiger partial charge >= 0.3 is 0 Å². The number of likely N-dealkylation sites (tertiary alicyclic amines) is 2. The fourth-order valence-corrected chi connectivity index (χ4v) is 5.85. The molecule has 2 aliphatic rings. The highest BCUT2D eigenvalue weighted by Gasteiger charge is 2.47. The molecule has 1 N–H and O–H groups in total. The second kappa shape index (κ2) is 14.1. The zero-order chi connectivity index (χ0) is 25.7. The van der Waals surface area contributed by atoms with Crippen molar-refractivity contribution >= 4 is 48.2 Å². The van der Waals surface area contributed by atoms with Crippen molar-refractivity contribution in [2.45, 2.75) is 38.3 Å². The van der Waals surface area contributed by atoms with Gasteiger partial charge in [0.15, 0.2) is 0 Å². The second-order valence-corrected chi connectivity index (χ2v) is 10.6. The minimum Gasteiger partial charge on any atom is -0.345 e. The quantitative estimate of drug-likeness (QED) is 0.352. The van der Waals surface area contributed by atoms with E-state index in [2.05, 4.69) is 27.3 Å². The number of carbonyl (C=O) groups excluding carboxylic acids is 2. The van der Waals surface area contributed by atoms with E-state index in [1.54, 1.807) is 18.3 Å². The lowest BCUT2D eigenvalue weighted by molar-refractivity contribution is -0.138. The molecular weight excluding hydrogens is 555 g/mol. The molecule has 2 aromatic carbocycles. The Labute approximate surface area is 247 Å². The van der Waals surface area contributed by atoms with Crippen LogP contribution in [0.1, 0.15) is 53.2 Å². The number of halogens is 3. The van der Waals surface area contributed by atoms with Crippen LogP contribution in [0.5, 0.6) is 0 Å². The highest BCUT2D eigenvalue weighted by molar-refractivity contribution is 6.33. The number of piperidine rings is 1. The number of carbonyl (C=O) groups is 2. The van der Waals surface area contributed by atoms with Gasteiger partial charge in [0.1, 0.15) is 0 Å². The first-order chi connectivity index (χ1) is 18.0. The van der Waals surface area contributed by atoms with Crippen LogP contribution in [0.4, 0.5) is 0 Å². The first-order valence-corrected chi connectivity index (χ1v) is 13.4. The van der Waals surface area contributed by atoms with Crippen molar-refractivity contribution in [2.75, 3.05) is 26.2 Å². The van der Waals surface area contributed by atoms with Gasteiger partial charge in [0.05, 0.1) is 22.0 Å². The standard InChI is InChI=1S/C30H33ClN4O2.2ClH/c31-26-11-5-4-10-25(26)28(36)33-27(24-8-2-1-3-9-24)12-17-34-18-13-30(14-19-34)15-20-35(29(30)37)22-23-7-6-16-32-21-23;;/h1-11,16,21,27H,12-15,17-20,22H2,(H,33,36);2*1H. The van der Waals surface area contributed by atoms with E-state index in [9.17, 15) is 9.59 Å². The van der Waals surface area contributed by atoms with Crippen LogP contribution in [0.2, 0.25) is 5.02 Å². The van der Waals surface area contributed by atoms with Gasteiger partial charge < -0.3 is 15.1 Å². The fourth-order valence-electron chi connectivity index (χ4n) is 5.62. The molecule has 9 heteroatoms. The number of nitrogens with zero attached hydrogens (tertiary/aromatic N) is 3. The topological polar surface area (TPSA) is 65.5 Å². The Balaban J connectivity index is 0.00000210. The van der Waals surface area contributed by atoms with Crippen LogP contribution in [0.15, 0.2) is 79.1 Å². The number of amides is 2. The summed E-state index contributed by atoms with van der Waals surface area (Å²) < 4.78 is 0. The summed E-state index contributed by atoms with van der Waals surface area (Å²) >= 11 is 6.27. The van der Waals surface area contributed by atoms with Gasteiger partial charge in [-0.3, -0.25) is 14.6 Å². The van der Waals surface area contributed by atoms with Gasteiger partial charge in [-0.05, 0) is 68.1 Å². The Morgan fingerprint density at radius 1 is 0.949 bits per heavy atom. The number of nitrogens with one attached hydrogen (secondary N) is 1. The lowest BCUT2D eigenvalue weighted by Gasteiger charge is -2.38. The highest BCUT2D eigenvalue weighted by Crippen LogP contribution is 2.42. The summed E-state index contributed by atoms with van der Waals surface area (Å²) in [5.74, 6) is 0.132. The molecule has 1 aromatic heterocycles. The molecule has 0 radical (unpaired) electrons. The molecule has 2 saturated heterocycles. The van der Waals surface area contributed by atoms with Crippen LogP contribution < -0.4 is 5.32 Å². The predicted molar refractivity (Wildman–Crippen MR) is 160 cm³/mol. The van der Waals surface area contributed by atoms with Crippen LogP contribution in [-0.4, -0.2) is 52.8 Å². The minimum absolute atomic E-state index is 0. The smallest absolute Gasteiger partial charge is 0.253 e. The van der Waals surface area contributed by atoms with E-state index in [-0.39, 0.29) is 42.2 Å². The summed E-state index contributed by atoms with van der Waals surface area (Å²) in [6.45, 7) is 4.10. The van der Waals surface area contributed by atoms with Gasteiger partial charge in [-0.1, -0.05) is 60.1 Å². The molecule has 1 atom stereocenters. The molecule has 0 bridgehead atoms. The Kier molecular flexibility index (Phi) is 11.2. The summed E-state index contributed by atoms with van der Waals surface area (Å²) in [4.78, 5) is 35.0. The number of aromatic nitrogens is 1. The van der Waals surface area contributed by atoms with Crippen molar-refractivity contribution in [3.05, 3.63) is 101 Å². The van der Waals surface area contributed by atoms with Gasteiger partial charge in [-0.2, -0.15) is 0 Å². The van der Waals surface area contributed by atoms with E-state index in [1.165, 1.54) is 0 Å². The average molecular weight is 590 g/mol. The molecule has 2 amide bonds. The molecule has 1 unspecified atom stereocenters. The van der Waals surface area contributed by atoms with Crippen LogP contribution in [-0.2, 0) is 11.3 Å². The summed E-state index contributed by atoms with van der Waals surface area (Å²) in [6, 6.07) is 21.0. The summed E-state index contributed by atoms with van der Waals surface area (Å²) in [7, 11) is 0. The molecule has 208 valence electrons.